The molecule has 0 amide bonds. The van der Waals surface area contributed by atoms with Gasteiger partial charge >= 0.3 is 17.9 Å². The molecule has 0 aliphatic carbocycles. The summed E-state index contributed by atoms with van der Waals surface area (Å²) in [4.78, 5) is 38.5. The highest BCUT2D eigenvalue weighted by atomic mass is 16.6. The minimum atomic E-state index is -0.770. The smallest absolute Gasteiger partial charge is 0.306 e. The van der Waals surface area contributed by atoms with Crippen molar-refractivity contribution in [1.29, 1.82) is 0 Å². The lowest BCUT2D eigenvalue weighted by atomic mass is 10.0. The Hall–Kier alpha value is -2.63. The number of unbranched alkanes of at least 4 members (excludes halogenated alkanes) is 50. The summed E-state index contributed by atoms with van der Waals surface area (Å²) in [5.41, 5.74) is 0. The molecule has 83 heavy (non-hydrogen) atoms. The summed E-state index contributed by atoms with van der Waals surface area (Å²) in [7, 11) is 0. The van der Waals surface area contributed by atoms with E-state index in [1.54, 1.807) is 0 Å². The SMILES string of the molecule is CC/C=C\C/C=C\C/C=C\C/C=C\CCCCCCCCCCCCCCCCC(=O)OCC(COC(=O)CCCCCCCCCCCCCCCCC)OC(=O)CCCCCCCCCCCCCCCCCCCCCCCCC. The Morgan fingerprint density at radius 2 is 0.470 bits per heavy atom. The summed E-state index contributed by atoms with van der Waals surface area (Å²) in [6, 6.07) is 0. The highest BCUT2D eigenvalue weighted by Crippen LogP contribution is 2.19. The molecule has 0 bridgehead atoms. The number of rotatable bonds is 69. The van der Waals surface area contributed by atoms with Crippen LogP contribution >= 0.6 is 0 Å². The summed E-state index contributed by atoms with van der Waals surface area (Å²) in [5, 5.41) is 0. The topological polar surface area (TPSA) is 78.9 Å². The molecule has 0 N–H and O–H groups in total. The predicted molar refractivity (Wildman–Crippen MR) is 362 cm³/mol. The maximum Gasteiger partial charge on any atom is 0.306 e. The summed E-state index contributed by atoms with van der Waals surface area (Å²) in [5.74, 6) is -0.832. The third-order valence-corrected chi connectivity index (χ3v) is 16.8. The zero-order valence-electron chi connectivity index (χ0n) is 56.0. The Labute approximate surface area is 518 Å². The van der Waals surface area contributed by atoms with Crippen molar-refractivity contribution >= 4 is 17.9 Å². The van der Waals surface area contributed by atoms with E-state index >= 15 is 0 Å². The first-order valence-electron chi connectivity index (χ1n) is 37.1. The van der Waals surface area contributed by atoms with Crippen molar-refractivity contribution < 1.29 is 28.6 Å². The predicted octanol–water partition coefficient (Wildman–Crippen LogP) is 25.7. The van der Waals surface area contributed by atoms with Crippen molar-refractivity contribution in [2.24, 2.45) is 0 Å². The number of allylic oxidation sites excluding steroid dienone is 8. The second-order valence-corrected chi connectivity index (χ2v) is 25.2. The largest absolute Gasteiger partial charge is 0.462 e. The van der Waals surface area contributed by atoms with Gasteiger partial charge in [0.25, 0.3) is 0 Å². The summed E-state index contributed by atoms with van der Waals surface area (Å²) < 4.78 is 17.0. The molecule has 1 atom stereocenters. The van der Waals surface area contributed by atoms with Crippen molar-refractivity contribution in [1.82, 2.24) is 0 Å². The molecular formula is C77H142O6. The van der Waals surface area contributed by atoms with Crippen molar-refractivity contribution in [2.75, 3.05) is 13.2 Å². The highest BCUT2D eigenvalue weighted by molar-refractivity contribution is 5.71. The van der Waals surface area contributed by atoms with E-state index in [2.05, 4.69) is 69.4 Å². The van der Waals surface area contributed by atoms with E-state index in [1.165, 1.54) is 283 Å². The zero-order chi connectivity index (χ0) is 59.9. The lowest BCUT2D eigenvalue weighted by Crippen LogP contribution is -2.30. The number of esters is 3. The van der Waals surface area contributed by atoms with Gasteiger partial charge in [-0.3, -0.25) is 14.4 Å². The summed E-state index contributed by atoms with van der Waals surface area (Å²) >= 11 is 0. The van der Waals surface area contributed by atoms with E-state index in [1.807, 2.05) is 0 Å². The molecule has 6 heteroatoms. The van der Waals surface area contributed by atoms with Crippen LogP contribution in [0.5, 0.6) is 0 Å². The minimum absolute atomic E-state index is 0.0657. The Balaban J connectivity index is 4.24. The van der Waals surface area contributed by atoms with Crippen LogP contribution < -0.4 is 0 Å². The van der Waals surface area contributed by atoms with E-state index in [-0.39, 0.29) is 31.1 Å². The van der Waals surface area contributed by atoms with Gasteiger partial charge in [0, 0.05) is 19.3 Å². The summed E-state index contributed by atoms with van der Waals surface area (Å²) in [6.07, 6.45) is 91.5. The second-order valence-electron chi connectivity index (χ2n) is 25.2. The average molecular weight is 1160 g/mol. The molecule has 486 valence electrons. The van der Waals surface area contributed by atoms with E-state index in [4.69, 9.17) is 14.2 Å². The van der Waals surface area contributed by atoms with Gasteiger partial charge in [-0.25, -0.2) is 0 Å². The molecule has 0 aliphatic rings. The van der Waals surface area contributed by atoms with E-state index < -0.39 is 6.10 Å². The first-order valence-corrected chi connectivity index (χ1v) is 37.1. The lowest BCUT2D eigenvalue weighted by molar-refractivity contribution is -0.167. The minimum Gasteiger partial charge on any atom is -0.462 e. The van der Waals surface area contributed by atoms with Gasteiger partial charge in [0.1, 0.15) is 13.2 Å². The number of carbonyl (C=O) groups is 3. The molecule has 0 aliphatic heterocycles. The van der Waals surface area contributed by atoms with Crippen LogP contribution in [0.1, 0.15) is 406 Å². The lowest BCUT2D eigenvalue weighted by Gasteiger charge is -2.18. The maximum absolute atomic E-state index is 13.0. The van der Waals surface area contributed by atoms with Gasteiger partial charge in [-0.05, 0) is 57.8 Å². The Morgan fingerprint density at radius 1 is 0.253 bits per heavy atom. The van der Waals surface area contributed by atoms with Crippen LogP contribution in [0.2, 0.25) is 0 Å². The van der Waals surface area contributed by atoms with Gasteiger partial charge < -0.3 is 14.2 Å². The normalized spacial score (nSPS) is 12.3. The van der Waals surface area contributed by atoms with Crippen molar-refractivity contribution in [2.45, 2.75) is 412 Å². The highest BCUT2D eigenvalue weighted by Gasteiger charge is 2.20. The van der Waals surface area contributed by atoms with Crippen LogP contribution in [0.25, 0.3) is 0 Å². The first-order chi connectivity index (χ1) is 41.0. The van der Waals surface area contributed by atoms with Crippen LogP contribution in [0.4, 0.5) is 0 Å². The van der Waals surface area contributed by atoms with Gasteiger partial charge in [0.05, 0.1) is 0 Å². The Morgan fingerprint density at radius 3 is 0.735 bits per heavy atom. The fourth-order valence-corrected chi connectivity index (χ4v) is 11.3. The number of carbonyl (C=O) groups excluding carboxylic acids is 3. The Bertz CT molecular complexity index is 1430. The van der Waals surface area contributed by atoms with Gasteiger partial charge in [-0.2, -0.15) is 0 Å². The molecule has 0 heterocycles. The third-order valence-electron chi connectivity index (χ3n) is 16.8. The van der Waals surface area contributed by atoms with Gasteiger partial charge in [0.15, 0.2) is 6.10 Å². The number of ether oxygens (including phenoxy) is 3. The van der Waals surface area contributed by atoms with Crippen molar-refractivity contribution in [3.05, 3.63) is 48.6 Å². The summed E-state index contributed by atoms with van der Waals surface area (Å²) in [6.45, 7) is 6.61. The standard InChI is InChI=1S/C77H142O6/c1-4-7-10-13-16-19-22-25-28-30-32-34-36-37-38-39-41-42-44-46-49-52-55-58-61-64-67-70-76(79)82-73-74(72-81-75(78)69-66-63-60-57-54-51-48-27-24-21-18-15-12-9-6-3)83-77(80)71-68-65-62-59-56-53-50-47-45-43-40-35-33-31-29-26-23-20-17-14-11-8-5-2/h7,10,16,19,25,28,32,34,74H,4-6,8-9,11-15,17-18,20-24,26-27,29-31,33,35-73H2,1-3H3/b10-7-,19-16-,28-25-,34-32-. The molecule has 1 unspecified atom stereocenters. The monoisotopic (exact) mass is 1160 g/mol. The second kappa shape index (κ2) is 71.8. The molecule has 0 saturated carbocycles. The number of hydrogen-bond acceptors (Lipinski definition) is 6. The fourth-order valence-electron chi connectivity index (χ4n) is 11.3. The van der Waals surface area contributed by atoms with Gasteiger partial charge in [-0.15, -0.1) is 0 Å². The molecule has 0 saturated heterocycles. The van der Waals surface area contributed by atoms with Crippen molar-refractivity contribution in [3.8, 4) is 0 Å². The quantitative estimate of drug-likeness (QED) is 0.0261. The van der Waals surface area contributed by atoms with E-state index in [0.29, 0.717) is 19.3 Å². The molecule has 0 aromatic rings. The number of hydrogen-bond donors (Lipinski definition) is 0. The molecule has 0 radical (unpaired) electrons. The molecule has 0 fully saturated rings. The molecule has 0 aromatic heterocycles. The molecule has 0 spiro atoms. The van der Waals surface area contributed by atoms with Crippen LogP contribution in [0.3, 0.4) is 0 Å². The van der Waals surface area contributed by atoms with Gasteiger partial charge in [-0.1, -0.05) is 378 Å². The van der Waals surface area contributed by atoms with Crippen LogP contribution in [-0.2, 0) is 28.6 Å². The zero-order valence-corrected chi connectivity index (χ0v) is 56.0. The van der Waals surface area contributed by atoms with Crippen LogP contribution in [0.15, 0.2) is 48.6 Å². The Kier molecular flexibility index (Phi) is 69.6. The van der Waals surface area contributed by atoms with Crippen LogP contribution in [-0.4, -0.2) is 37.2 Å². The van der Waals surface area contributed by atoms with E-state index in [9.17, 15) is 14.4 Å². The van der Waals surface area contributed by atoms with Crippen LogP contribution in [0, 0.1) is 0 Å². The van der Waals surface area contributed by atoms with Gasteiger partial charge in [0.2, 0.25) is 0 Å². The van der Waals surface area contributed by atoms with Crippen molar-refractivity contribution in [3.63, 3.8) is 0 Å². The third kappa shape index (κ3) is 70.0. The first kappa shape index (κ1) is 80.4. The fraction of sp³-hybridized carbons (Fsp3) is 0.857. The van der Waals surface area contributed by atoms with E-state index in [0.717, 1.165) is 83.5 Å². The molecule has 0 rings (SSSR count). The average Bonchev–Trinajstić information content (AvgIpc) is 3.49. The molecule has 0 aromatic carbocycles. The molecular weight excluding hydrogens is 1020 g/mol. The maximum atomic E-state index is 13.0. The molecule has 6 nitrogen and oxygen atoms in total.